The van der Waals surface area contributed by atoms with Gasteiger partial charge in [-0.05, 0) is 27.2 Å². The fourth-order valence-corrected chi connectivity index (χ4v) is 1.26. The minimum atomic E-state index is -0.588. The van der Waals surface area contributed by atoms with Crippen LogP contribution in [0, 0.1) is 5.41 Å². The van der Waals surface area contributed by atoms with E-state index in [0.717, 1.165) is 0 Å². The summed E-state index contributed by atoms with van der Waals surface area (Å²) in [7, 11) is 0. The van der Waals surface area contributed by atoms with E-state index in [1.807, 2.05) is 13.8 Å². The van der Waals surface area contributed by atoms with Crippen LogP contribution in [0.1, 0.15) is 48.0 Å². The van der Waals surface area contributed by atoms with Gasteiger partial charge in [0.25, 0.3) is 0 Å². The minimum Gasteiger partial charge on any atom is -0.396 e. The number of hydrogen-bond acceptors (Lipinski definition) is 3. The highest BCUT2D eigenvalue weighted by atomic mass is 16.3. The van der Waals surface area contributed by atoms with E-state index in [-0.39, 0.29) is 18.4 Å². The second-order valence-electron chi connectivity index (χ2n) is 6.29. The number of amides is 2. The van der Waals surface area contributed by atoms with Crippen LogP contribution in [-0.4, -0.2) is 35.1 Å². The maximum absolute atomic E-state index is 11.9. The Hall–Kier alpha value is -1.10. The highest BCUT2D eigenvalue weighted by Gasteiger charge is 2.27. The van der Waals surface area contributed by atoms with Crippen molar-refractivity contribution in [3.8, 4) is 0 Å². The Bertz CT molecular complexity index is 306. The molecule has 0 aliphatic heterocycles. The predicted octanol–water partition coefficient (Wildman–Crippen LogP) is 0.814. The molecule has 0 heterocycles. The van der Waals surface area contributed by atoms with Crippen LogP contribution in [0.2, 0.25) is 0 Å². The Morgan fingerprint density at radius 3 is 2.06 bits per heavy atom. The molecule has 1 unspecified atom stereocenters. The zero-order valence-electron chi connectivity index (χ0n) is 12.3. The van der Waals surface area contributed by atoms with Gasteiger partial charge in [-0.15, -0.1) is 0 Å². The summed E-state index contributed by atoms with van der Waals surface area (Å²) >= 11 is 0. The van der Waals surface area contributed by atoms with Crippen LogP contribution < -0.4 is 10.6 Å². The van der Waals surface area contributed by atoms with Crippen LogP contribution in [0.3, 0.4) is 0 Å². The van der Waals surface area contributed by atoms with Crippen molar-refractivity contribution >= 4 is 11.8 Å². The van der Waals surface area contributed by atoms with Gasteiger partial charge in [-0.1, -0.05) is 20.8 Å². The van der Waals surface area contributed by atoms with Gasteiger partial charge in [0.2, 0.25) is 11.8 Å². The standard InChI is InChI=1S/C13H26N2O3/c1-9(14-11(18)12(2,3)4)10(17)15-13(5,6)7-8-16/h9,16H,7-8H2,1-6H3,(H,14,18)(H,15,17). The van der Waals surface area contributed by atoms with Crippen LogP contribution in [0.5, 0.6) is 0 Å². The van der Waals surface area contributed by atoms with E-state index in [1.165, 1.54) is 0 Å². The summed E-state index contributed by atoms with van der Waals surface area (Å²) in [6.45, 7) is 10.7. The predicted molar refractivity (Wildman–Crippen MR) is 71.0 cm³/mol. The van der Waals surface area contributed by atoms with E-state index < -0.39 is 17.0 Å². The normalized spacial score (nSPS) is 13.9. The summed E-state index contributed by atoms with van der Waals surface area (Å²) in [5, 5.41) is 14.4. The number of nitrogens with one attached hydrogen (secondary N) is 2. The lowest BCUT2D eigenvalue weighted by atomic mass is 9.95. The molecule has 0 radical (unpaired) electrons. The topological polar surface area (TPSA) is 78.4 Å². The first-order valence-corrected chi connectivity index (χ1v) is 6.23. The summed E-state index contributed by atoms with van der Waals surface area (Å²) in [6.07, 6.45) is 0.471. The van der Waals surface area contributed by atoms with Crippen LogP contribution in [0.15, 0.2) is 0 Å². The molecule has 5 nitrogen and oxygen atoms in total. The highest BCUT2D eigenvalue weighted by Crippen LogP contribution is 2.13. The van der Waals surface area contributed by atoms with Crippen LogP contribution in [0.25, 0.3) is 0 Å². The van der Waals surface area contributed by atoms with E-state index in [9.17, 15) is 9.59 Å². The SMILES string of the molecule is CC(NC(=O)C(C)(C)C)C(=O)NC(C)(C)CCO. The van der Waals surface area contributed by atoms with Crippen molar-refractivity contribution in [2.24, 2.45) is 5.41 Å². The fourth-order valence-electron chi connectivity index (χ4n) is 1.26. The molecule has 0 aromatic rings. The molecule has 106 valence electrons. The van der Waals surface area contributed by atoms with Gasteiger partial charge >= 0.3 is 0 Å². The molecule has 0 bridgehead atoms. The van der Waals surface area contributed by atoms with Crippen molar-refractivity contribution in [1.82, 2.24) is 10.6 Å². The molecule has 2 amide bonds. The molecule has 0 aliphatic rings. The van der Waals surface area contributed by atoms with Crippen LogP contribution in [-0.2, 0) is 9.59 Å². The lowest BCUT2D eigenvalue weighted by Crippen LogP contribution is -2.53. The average molecular weight is 258 g/mol. The van der Waals surface area contributed by atoms with E-state index in [1.54, 1.807) is 27.7 Å². The zero-order chi connectivity index (χ0) is 14.6. The smallest absolute Gasteiger partial charge is 0.242 e. The number of rotatable bonds is 5. The molecule has 18 heavy (non-hydrogen) atoms. The van der Waals surface area contributed by atoms with Gasteiger partial charge in [-0.2, -0.15) is 0 Å². The van der Waals surface area contributed by atoms with Crippen molar-refractivity contribution in [3.05, 3.63) is 0 Å². The first kappa shape index (κ1) is 16.9. The zero-order valence-corrected chi connectivity index (χ0v) is 12.3. The Balaban J connectivity index is 4.41. The lowest BCUT2D eigenvalue weighted by Gasteiger charge is -2.28. The molecule has 5 heteroatoms. The van der Waals surface area contributed by atoms with E-state index in [2.05, 4.69) is 10.6 Å². The summed E-state index contributed by atoms with van der Waals surface area (Å²) in [6, 6.07) is -0.588. The Morgan fingerprint density at radius 1 is 1.17 bits per heavy atom. The summed E-state index contributed by atoms with van der Waals surface area (Å²) in [4.78, 5) is 23.6. The van der Waals surface area contributed by atoms with Crippen LogP contribution in [0.4, 0.5) is 0 Å². The summed E-state index contributed by atoms with van der Waals surface area (Å²) < 4.78 is 0. The van der Waals surface area contributed by atoms with Gasteiger partial charge in [-0.25, -0.2) is 0 Å². The van der Waals surface area contributed by atoms with Gasteiger partial charge in [0.15, 0.2) is 0 Å². The third-order valence-corrected chi connectivity index (χ3v) is 2.62. The van der Waals surface area contributed by atoms with Gasteiger partial charge in [0, 0.05) is 17.6 Å². The Kier molecular flexibility index (Phi) is 5.80. The van der Waals surface area contributed by atoms with Crippen molar-refractivity contribution in [2.75, 3.05) is 6.61 Å². The van der Waals surface area contributed by atoms with E-state index in [0.29, 0.717) is 6.42 Å². The summed E-state index contributed by atoms with van der Waals surface area (Å²) in [5.41, 5.74) is -0.998. The lowest BCUT2D eigenvalue weighted by molar-refractivity contribution is -0.133. The minimum absolute atomic E-state index is 0.00993. The molecule has 3 N–H and O–H groups in total. The molecule has 0 saturated heterocycles. The van der Waals surface area contributed by atoms with Gasteiger partial charge in [0.05, 0.1) is 0 Å². The molecular weight excluding hydrogens is 232 g/mol. The Morgan fingerprint density at radius 2 is 1.67 bits per heavy atom. The molecule has 1 atom stereocenters. The molecule has 0 fully saturated rings. The first-order chi connectivity index (χ1) is 7.99. The third kappa shape index (κ3) is 6.00. The molecule has 0 rings (SSSR count). The molecule has 0 saturated carbocycles. The quantitative estimate of drug-likeness (QED) is 0.683. The van der Waals surface area contributed by atoms with Crippen molar-refractivity contribution in [3.63, 3.8) is 0 Å². The first-order valence-electron chi connectivity index (χ1n) is 6.23. The van der Waals surface area contributed by atoms with Crippen molar-refractivity contribution in [2.45, 2.75) is 59.5 Å². The van der Waals surface area contributed by atoms with Crippen LogP contribution >= 0.6 is 0 Å². The average Bonchev–Trinajstić information content (AvgIpc) is 2.14. The van der Waals surface area contributed by atoms with E-state index in [4.69, 9.17) is 5.11 Å². The monoisotopic (exact) mass is 258 g/mol. The number of carbonyl (C=O) groups excluding carboxylic acids is 2. The Labute approximate surface area is 109 Å². The number of hydrogen-bond donors (Lipinski definition) is 3. The van der Waals surface area contributed by atoms with Gasteiger partial charge < -0.3 is 15.7 Å². The second-order valence-corrected chi connectivity index (χ2v) is 6.29. The van der Waals surface area contributed by atoms with Crippen molar-refractivity contribution in [1.29, 1.82) is 0 Å². The maximum Gasteiger partial charge on any atom is 0.242 e. The largest absolute Gasteiger partial charge is 0.396 e. The summed E-state index contributed by atoms with van der Waals surface area (Å²) in [5.74, 6) is -0.406. The van der Waals surface area contributed by atoms with Crippen molar-refractivity contribution < 1.29 is 14.7 Å². The highest BCUT2D eigenvalue weighted by molar-refractivity contribution is 5.89. The molecule has 0 aromatic carbocycles. The fraction of sp³-hybridized carbons (Fsp3) is 0.846. The molecule has 0 aromatic heterocycles. The van der Waals surface area contributed by atoms with Gasteiger partial charge in [-0.3, -0.25) is 9.59 Å². The second kappa shape index (κ2) is 6.18. The maximum atomic E-state index is 11.9. The van der Waals surface area contributed by atoms with E-state index >= 15 is 0 Å². The number of aliphatic hydroxyl groups is 1. The third-order valence-electron chi connectivity index (χ3n) is 2.62. The molecule has 0 spiro atoms. The molecular formula is C13H26N2O3. The van der Waals surface area contributed by atoms with Gasteiger partial charge in [0.1, 0.15) is 6.04 Å². The number of carbonyl (C=O) groups is 2. The number of aliphatic hydroxyl groups excluding tert-OH is 1. The molecule has 0 aliphatic carbocycles.